The van der Waals surface area contributed by atoms with Crippen molar-refractivity contribution in [3.05, 3.63) is 24.3 Å². The lowest BCUT2D eigenvalue weighted by atomic mass is 9.74. The van der Waals surface area contributed by atoms with Gasteiger partial charge >= 0.3 is 5.97 Å². The number of carbonyl (C=O) groups excluding carboxylic acids is 3. The lowest BCUT2D eigenvalue weighted by Crippen LogP contribution is -2.61. The average Bonchev–Trinajstić information content (AvgIpc) is 3.31. The van der Waals surface area contributed by atoms with Crippen LogP contribution < -0.4 is 10.1 Å². The molecule has 0 aliphatic carbocycles. The van der Waals surface area contributed by atoms with E-state index in [0.717, 1.165) is 6.26 Å². The number of benzene rings is 1. The highest BCUT2D eigenvalue weighted by molar-refractivity contribution is 7.90. The van der Waals surface area contributed by atoms with Gasteiger partial charge in [-0.1, -0.05) is 27.7 Å². The van der Waals surface area contributed by atoms with Crippen molar-refractivity contribution in [1.82, 2.24) is 10.2 Å². The van der Waals surface area contributed by atoms with Gasteiger partial charge in [0.1, 0.15) is 42.1 Å². The maximum absolute atomic E-state index is 14.4. The van der Waals surface area contributed by atoms with E-state index < -0.39 is 124 Å². The molecular formula is C50H84N2O17S. The van der Waals surface area contributed by atoms with Gasteiger partial charge in [0, 0.05) is 57.1 Å². The number of aliphatic hydroxyl groups is 4. The molecule has 70 heavy (non-hydrogen) atoms. The van der Waals surface area contributed by atoms with Crippen LogP contribution in [0.5, 0.6) is 5.75 Å². The fraction of sp³-hybridized carbons (Fsp3) is 0.820. The molecule has 1 aromatic carbocycles. The van der Waals surface area contributed by atoms with Gasteiger partial charge in [-0.2, -0.15) is 0 Å². The number of Topliss-reactive ketones (excluding diaryl/α,β-unsaturated/α-hetero) is 1. The van der Waals surface area contributed by atoms with Crippen LogP contribution >= 0.6 is 0 Å². The van der Waals surface area contributed by atoms with E-state index in [-0.39, 0.29) is 55.4 Å². The number of methoxy groups -OCH3 is 2. The van der Waals surface area contributed by atoms with Gasteiger partial charge in [0.2, 0.25) is 5.91 Å². The number of rotatable bonds is 17. The first-order chi connectivity index (χ1) is 32.5. The van der Waals surface area contributed by atoms with Crippen LogP contribution in [0.1, 0.15) is 108 Å². The molecule has 0 aromatic heterocycles. The highest BCUT2D eigenvalue weighted by Gasteiger charge is 2.54. The molecule has 1 aromatic rings. The predicted molar refractivity (Wildman–Crippen MR) is 257 cm³/mol. The highest BCUT2D eigenvalue weighted by Crippen LogP contribution is 2.42. The van der Waals surface area contributed by atoms with E-state index in [2.05, 4.69) is 5.32 Å². The number of carbonyl (C=O) groups is 3. The first kappa shape index (κ1) is 59.7. The van der Waals surface area contributed by atoms with Crippen LogP contribution in [-0.2, 0) is 57.4 Å². The molecular weight excluding hydrogens is 933 g/mol. The summed E-state index contributed by atoms with van der Waals surface area (Å²) in [5.74, 6) is -4.58. The van der Waals surface area contributed by atoms with Crippen molar-refractivity contribution in [2.24, 2.45) is 23.7 Å². The number of ether oxygens (including phenoxy) is 8. The average molecular weight is 1020 g/mol. The zero-order chi connectivity index (χ0) is 52.7. The van der Waals surface area contributed by atoms with Crippen LogP contribution in [0.2, 0.25) is 0 Å². The monoisotopic (exact) mass is 1020 g/mol. The van der Waals surface area contributed by atoms with Crippen molar-refractivity contribution >= 4 is 27.5 Å². The first-order valence-electron chi connectivity index (χ1n) is 24.7. The zero-order valence-corrected chi connectivity index (χ0v) is 44.6. The van der Waals surface area contributed by atoms with Crippen LogP contribution in [-0.4, -0.2) is 183 Å². The quantitative estimate of drug-likeness (QED) is 0.111. The molecule has 0 radical (unpaired) electrons. The van der Waals surface area contributed by atoms with Crippen molar-refractivity contribution < 1.29 is 81.1 Å². The second-order valence-electron chi connectivity index (χ2n) is 20.7. The number of likely N-dealkylation sites (N-methyl/N-ethyl adjacent to an activating group) is 1. The number of nitrogens with one attached hydrogen (secondary N) is 1. The molecule has 3 aliphatic rings. The number of hydrogen-bond acceptors (Lipinski definition) is 18. The molecule has 402 valence electrons. The number of hydrogen-bond donors (Lipinski definition) is 5. The third kappa shape index (κ3) is 14.5. The number of cyclic esters (lactones) is 1. The third-order valence-corrected chi connectivity index (χ3v) is 16.2. The summed E-state index contributed by atoms with van der Waals surface area (Å²) in [6.07, 6.45) is -8.18. The number of sulfone groups is 1. The molecule has 0 spiro atoms. The molecule has 3 heterocycles. The summed E-state index contributed by atoms with van der Waals surface area (Å²) in [5.41, 5.74) is -4.46. The van der Waals surface area contributed by atoms with E-state index in [4.69, 9.17) is 37.9 Å². The Balaban J connectivity index is 1.60. The van der Waals surface area contributed by atoms with Gasteiger partial charge in [-0.25, -0.2) is 8.42 Å². The van der Waals surface area contributed by atoms with Gasteiger partial charge in [-0.15, -0.1) is 0 Å². The van der Waals surface area contributed by atoms with Crippen LogP contribution in [0.15, 0.2) is 29.2 Å². The molecule has 18 atom stereocenters. The van der Waals surface area contributed by atoms with E-state index in [1.165, 1.54) is 40.2 Å². The van der Waals surface area contributed by atoms with Crippen molar-refractivity contribution in [1.29, 1.82) is 0 Å². The van der Waals surface area contributed by atoms with Crippen LogP contribution in [0, 0.1) is 23.7 Å². The zero-order valence-electron chi connectivity index (χ0n) is 43.8. The summed E-state index contributed by atoms with van der Waals surface area (Å²) in [6, 6.07) is 5.55. The Morgan fingerprint density at radius 2 is 1.53 bits per heavy atom. The number of esters is 1. The highest BCUT2D eigenvalue weighted by atomic mass is 32.2. The van der Waals surface area contributed by atoms with E-state index in [0.29, 0.717) is 25.1 Å². The van der Waals surface area contributed by atoms with Gasteiger partial charge in [-0.05, 0) is 105 Å². The molecule has 20 heteroatoms. The van der Waals surface area contributed by atoms with Crippen LogP contribution in [0.4, 0.5) is 0 Å². The summed E-state index contributed by atoms with van der Waals surface area (Å²) in [7, 11) is 1.48. The largest absolute Gasteiger partial charge is 0.492 e. The molecule has 3 aliphatic heterocycles. The third-order valence-electron chi connectivity index (χ3n) is 15.0. The Kier molecular flexibility index (Phi) is 21.2. The smallest absolute Gasteiger partial charge is 0.311 e. The van der Waals surface area contributed by atoms with Crippen molar-refractivity contribution in [2.75, 3.05) is 47.2 Å². The van der Waals surface area contributed by atoms with Crippen LogP contribution in [0.25, 0.3) is 0 Å². The van der Waals surface area contributed by atoms with Crippen LogP contribution in [0.3, 0.4) is 0 Å². The van der Waals surface area contributed by atoms with E-state index >= 15 is 0 Å². The Morgan fingerprint density at radius 1 is 0.900 bits per heavy atom. The minimum absolute atomic E-state index is 0.0402. The molecule has 3 fully saturated rings. The summed E-state index contributed by atoms with van der Waals surface area (Å²) >= 11 is 0. The SMILES string of the molecule is CC[C@H]1OC(=O)[C@H](C)[C@@H](O[C@H]2C[C@@](C)(OC)[C@@H](O)[C@H](C)O2)[C@H](C)[C@@H](O[C@H]2O[C@H](C)C[C@H](N(C)CCCC(=O)NCCOc3ccc(S(C)(=O)=O)cc3)[C@H]2O)[C@](C)(OC)C[C@@H](C)C(=O)[C@H](C)[C@@H](O)[C@]1(C)O. The molecule has 3 saturated heterocycles. The summed E-state index contributed by atoms with van der Waals surface area (Å²) in [5, 5.41) is 49.4. The molecule has 0 unspecified atom stereocenters. The van der Waals surface area contributed by atoms with Crippen molar-refractivity contribution in [3.63, 3.8) is 0 Å². The lowest BCUT2D eigenvalue weighted by Gasteiger charge is -2.50. The minimum atomic E-state index is -3.33. The van der Waals surface area contributed by atoms with E-state index in [1.807, 2.05) is 25.8 Å². The molecule has 1 amide bonds. The second-order valence-corrected chi connectivity index (χ2v) is 22.7. The topological polar surface area (TPSA) is 255 Å². The van der Waals surface area contributed by atoms with Gasteiger partial charge in [0.25, 0.3) is 0 Å². The minimum Gasteiger partial charge on any atom is -0.492 e. The Hall–Kier alpha value is -2.86. The van der Waals surface area contributed by atoms with Gasteiger partial charge in [-0.3, -0.25) is 14.4 Å². The maximum Gasteiger partial charge on any atom is 0.311 e. The van der Waals surface area contributed by atoms with Gasteiger partial charge in [0.05, 0.1) is 59.1 Å². The predicted octanol–water partition coefficient (Wildman–Crippen LogP) is 3.19. The van der Waals surface area contributed by atoms with Gasteiger partial charge < -0.3 is 68.5 Å². The fourth-order valence-corrected chi connectivity index (χ4v) is 11.0. The summed E-state index contributed by atoms with van der Waals surface area (Å²) in [4.78, 5) is 43.6. The second kappa shape index (κ2) is 24.9. The Morgan fingerprint density at radius 3 is 2.11 bits per heavy atom. The standard InChI is InChI=1S/C50H84N2O17S/c1-15-37-50(10,59)43(56)30(4)40(54)28(2)26-49(9,63-13)45(31(5)42(32(6)46(58)67-37)68-39-27-48(8,62-12)44(57)33(7)66-39)69-47-41(55)36(25-29(3)65-47)52(11)23-16-17-38(53)51-22-24-64-34-18-20-35(21-19-34)70(14,60)61/h18-21,28-33,36-37,39,41-45,47,55-57,59H,15-17,22-27H2,1-14H3,(H,51,53)/t28-,29-,30+,31+,32-,33+,36+,37-,39+,41-,42+,43-,44+,45-,47-,48-,49-,50-/m1/s1. The normalized spacial score (nSPS) is 39.5. The number of amides is 1. The maximum atomic E-state index is 14.4. The fourth-order valence-electron chi connectivity index (χ4n) is 10.4. The number of nitrogens with zero attached hydrogens (tertiary/aromatic N) is 1. The summed E-state index contributed by atoms with van der Waals surface area (Å²) in [6.45, 7) is 17.6. The van der Waals surface area contributed by atoms with Gasteiger partial charge in [0.15, 0.2) is 22.4 Å². The lowest BCUT2D eigenvalue weighted by molar-refractivity contribution is -0.319. The number of aliphatic hydroxyl groups excluding tert-OH is 3. The van der Waals surface area contributed by atoms with Crippen molar-refractivity contribution in [3.8, 4) is 5.75 Å². The Labute approximate surface area is 415 Å². The number of ketones is 1. The molecule has 0 bridgehead atoms. The van der Waals surface area contributed by atoms with Crippen molar-refractivity contribution in [2.45, 2.75) is 197 Å². The Bertz CT molecular complexity index is 1970. The van der Waals surface area contributed by atoms with E-state index in [1.54, 1.807) is 53.7 Å². The summed E-state index contributed by atoms with van der Waals surface area (Å²) < 4.78 is 73.6. The first-order valence-corrected chi connectivity index (χ1v) is 26.6. The molecule has 0 saturated carbocycles. The molecule has 5 N–H and O–H groups in total. The molecule has 19 nitrogen and oxygen atoms in total. The van der Waals surface area contributed by atoms with E-state index in [9.17, 15) is 43.2 Å². The molecule has 4 rings (SSSR count).